The predicted octanol–water partition coefficient (Wildman–Crippen LogP) is 4.61. The summed E-state index contributed by atoms with van der Waals surface area (Å²) in [5.41, 5.74) is 3.16. The normalized spacial score (nSPS) is 11.2. The maximum Gasteiger partial charge on any atom is 0.231 e. The molecule has 0 radical (unpaired) electrons. The van der Waals surface area contributed by atoms with Crippen molar-refractivity contribution in [2.45, 2.75) is 47.2 Å². The molecule has 0 atom stereocenters. The molecule has 3 aromatic rings. The van der Waals surface area contributed by atoms with Gasteiger partial charge in [-0.3, -0.25) is 14.5 Å². The van der Waals surface area contributed by atoms with Gasteiger partial charge in [0.1, 0.15) is 11.6 Å². The van der Waals surface area contributed by atoms with Crippen molar-refractivity contribution in [3.8, 4) is 0 Å². The Morgan fingerprint density at radius 3 is 2.57 bits per heavy atom. The van der Waals surface area contributed by atoms with Gasteiger partial charge in [0.2, 0.25) is 5.91 Å². The van der Waals surface area contributed by atoms with E-state index >= 15 is 0 Å². The lowest BCUT2D eigenvalue weighted by Gasteiger charge is -2.23. The minimum atomic E-state index is -0.789. The smallest absolute Gasteiger partial charge is 0.231 e. The fourth-order valence-corrected chi connectivity index (χ4v) is 3.42. The highest BCUT2D eigenvalue weighted by molar-refractivity contribution is 5.95. The fraction of sp³-hybridized carbons (Fsp3) is 0.348. The molecule has 0 saturated carbocycles. The Labute approximate surface area is 175 Å². The molecule has 0 unspecified atom stereocenters. The number of carbonyl (C=O) groups excluding carboxylic acids is 1. The van der Waals surface area contributed by atoms with Gasteiger partial charge < -0.3 is 4.90 Å². The van der Waals surface area contributed by atoms with E-state index in [9.17, 15) is 13.6 Å². The van der Waals surface area contributed by atoms with Gasteiger partial charge in [-0.15, -0.1) is 0 Å². The van der Waals surface area contributed by atoms with Crippen LogP contribution in [0.15, 0.2) is 42.6 Å². The van der Waals surface area contributed by atoms with Crippen molar-refractivity contribution in [1.82, 2.24) is 14.8 Å². The summed E-state index contributed by atoms with van der Waals surface area (Å²) in [6.07, 6.45) is 1.68. The van der Waals surface area contributed by atoms with Crippen molar-refractivity contribution < 1.29 is 13.6 Å². The van der Waals surface area contributed by atoms with E-state index in [0.717, 1.165) is 35.6 Å². The van der Waals surface area contributed by atoms with Crippen molar-refractivity contribution in [3.63, 3.8) is 0 Å². The van der Waals surface area contributed by atoms with E-state index in [2.05, 4.69) is 23.9 Å². The molecule has 1 amide bonds. The lowest BCUT2D eigenvalue weighted by molar-refractivity contribution is -0.118. The van der Waals surface area contributed by atoms with E-state index in [-0.39, 0.29) is 24.6 Å². The molecule has 1 aromatic carbocycles. The van der Waals surface area contributed by atoms with Gasteiger partial charge in [-0.05, 0) is 44.0 Å². The summed E-state index contributed by atoms with van der Waals surface area (Å²) >= 11 is 0. The minimum absolute atomic E-state index is 0.0249. The Kier molecular flexibility index (Phi) is 6.59. The average Bonchev–Trinajstić information content (AvgIpc) is 2.94. The summed E-state index contributed by atoms with van der Waals surface area (Å²) in [5, 5.41) is 4.56. The van der Waals surface area contributed by atoms with Crippen LogP contribution in [0, 0.1) is 31.4 Å². The molecule has 0 aliphatic heterocycles. The number of carbonyl (C=O) groups is 1. The number of hydrogen-bond acceptors (Lipinski definition) is 3. The SMILES string of the molecule is Cc1nn(CC(C)C)c(C)c1CC(=O)N(Cc1ccccn1)c1ccc(F)cc1F. The number of benzene rings is 1. The molecular formula is C23H26F2N4O. The second-order valence-corrected chi connectivity index (χ2v) is 7.80. The van der Waals surface area contributed by atoms with Crippen LogP contribution in [0.25, 0.3) is 0 Å². The number of nitrogens with zero attached hydrogens (tertiary/aromatic N) is 4. The molecular weight excluding hydrogens is 386 g/mol. The van der Waals surface area contributed by atoms with E-state index < -0.39 is 11.6 Å². The van der Waals surface area contributed by atoms with Crippen LogP contribution in [-0.2, 0) is 24.3 Å². The van der Waals surface area contributed by atoms with Crippen LogP contribution in [0.2, 0.25) is 0 Å². The molecule has 0 fully saturated rings. The van der Waals surface area contributed by atoms with Crippen molar-refractivity contribution in [3.05, 3.63) is 76.9 Å². The van der Waals surface area contributed by atoms with Gasteiger partial charge in [0.05, 0.1) is 30.0 Å². The number of aryl methyl sites for hydroxylation is 1. The zero-order valence-electron chi connectivity index (χ0n) is 17.7. The molecule has 7 heteroatoms. The minimum Gasteiger partial charge on any atom is -0.303 e. The van der Waals surface area contributed by atoms with Gasteiger partial charge in [-0.25, -0.2) is 8.78 Å². The van der Waals surface area contributed by atoms with Crippen LogP contribution in [0.5, 0.6) is 0 Å². The summed E-state index contributed by atoms with van der Waals surface area (Å²) in [4.78, 5) is 18.9. The Morgan fingerprint density at radius 2 is 1.93 bits per heavy atom. The molecule has 0 aliphatic rings. The number of aromatic nitrogens is 3. The van der Waals surface area contributed by atoms with Gasteiger partial charge in [0, 0.05) is 30.1 Å². The van der Waals surface area contributed by atoms with Crippen molar-refractivity contribution in [1.29, 1.82) is 0 Å². The molecule has 2 aromatic heterocycles. The molecule has 0 aliphatic carbocycles. The highest BCUT2D eigenvalue weighted by atomic mass is 19.1. The third-order valence-electron chi connectivity index (χ3n) is 4.95. The molecule has 30 heavy (non-hydrogen) atoms. The fourth-order valence-electron chi connectivity index (χ4n) is 3.42. The number of anilines is 1. The van der Waals surface area contributed by atoms with Gasteiger partial charge in [-0.2, -0.15) is 5.10 Å². The molecule has 2 heterocycles. The van der Waals surface area contributed by atoms with Crippen molar-refractivity contribution >= 4 is 11.6 Å². The number of rotatable bonds is 7. The molecule has 0 N–H and O–H groups in total. The number of hydrogen-bond donors (Lipinski definition) is 0. The standard InChI is InChI=1S/C23H26F2N4O/c1-15(2)13-29-17(4)20(16(3)27-29)12-23(30)28(14-19-7-5-6-10-26-19)22-9-8-18(24)11-21(22)25/h5-11,15H,12-14H2,1-4H3. The predicted molar refractivity (Wildman–Crippen MR) is 112 cm³/mol. The number of amides is 1. The van der Waals surface area contributed by atoms with Crippen LogP contribution in [-0.4, -0.2) is 20.7 Å². The van der Waals surface area contributed by atoms with Gasteiger partial charge in [0.25, 0.3) is 0 Å². The van der Waals surface area contributed by atoms with Gasteiger partial charge >= 0.3 is 0 Å². The molecule has 3 rings (SSSR count). The molecule has 158 valence electrons. The summed E-state index contributed by atoms with van der Waals surface area (Å²) in [7, 11) is 0. The van der Waals surface area contributed by atoms with Crippen LogP contribution >= 0.6 is 0 Å². The van der Waals surface area contributed by atoms with Crippen molar-refractivity contribution in [2.24, 2.45) is 5.92 Å². The number of pyridine rings is 1. The first-order chi connectivity index (χ1) is 14.3. The Hall–Kier alpha value is -3.09. The quantitative estimate of drug-likeness (QED) is 0.570. The van der Waals surface area contributed by atoms with E-state index in [4.69, 9.17) is 0 Å². The first-order valence-corrected chi connectivity index (χ1v) is 9.94. The first-order valence-electron chi connectivity index (χ1n) is 9.94. The third-order valence-corrected chi connectivity index (χ3v) is 4.95. The first kappa shape index (κ1) is 21.6. The Morgan fingerprint density at radius 1 is 1.17 bits per heavy atom. The maximum atomic E-state index is 14.5. The lowest BCUT2D eigenvalue weighted by atomic mass is 10.1. The largest absolute Gasteiger partial charge is 0.303 e. The highest BCUT2D eigenvalue weighted by Gasteiger charge is 2.24. The van der Waals surface area contributed by atoms with E-state index in [0.29, 0.717) is 11.6 Å². The van der Waals surface area contributed by atoms with Crippen LogP contribution in [0.4, 0.5) is 14.5 Å². The van der Waals surface area contributed by atoms with E-state index in [1.807, 2.05) is 18.5 Å². The molecule has 5 nitrogen and oxygen atoms in total. The molecule has 0 bridgehead atoms. The van der Waals surface area contributed by atoms with Gasteiger partial charge in [-0.1, -0.05) is 19.9 Å². The van der Waals surface area contributed by atoms with Crippen LogP contribution in [0.1, 0.15) is 36.5 Å². The van der Waals surface area contributed by atoms with Crippen LogP contribution < -0.4 is 4.90 Å². The maximum absolute atomic E-state index is 14.5. The van der Waals surface area contributed by atoms with Gasteiger partial charge in [0.15, 0.2) is 0 Å². The third kappa shape index (κ3) is 4.90. The zero-order valence-corrected chi connectivity index (χ0v) is 17.7. The summed E-state index contributed by atoms with van der Waals surface area (Å²) in [6, 6.07) is 8.55. The number of halogens is 2. The Bertz CT molecular complexity index is 1030. The zero-order chi connectivity index (χ0) is 21.8. The summed E-state index contributed by atoms with van der Waals surface area (Å²) < 4.78 is 29.9. The monoisotopic (exact) mass is 412 g/mol. The molecule has 0 spiro atoms. The van der Waals surface area contributed by atoms with Crippen LogP contribution in [0.3, 0.4) is 0 Å². The summed E-state index contributed by atoms with van der Waals surface area (Å²) in [6.45, 7) is 8.85. The highest BCUT2D eigenvalue weighted by Crippen LogP contribution is 2.24. The lowest BCUT2D eigenvalue weighted by Crippen LogP contribution is -2.33. The second-order valence-electron chi connectivity index (χ2n) is 7.80. The van der Waals surface area contributed by atoms with E-state index in [1.54, 1.807) is 24.4 Å². The topological polar surface area (TPSA) is 51.0 Å². The Balaban J connectivity index is 1.94. The average molecular weight is 412 g/mol. The second kappa shape index (κ2) is 9.15. The van der Waals surface area contributed by atoms with Crippen molar-refractivity contribution in [2.75, 3.05) is 4.90 Å². The van der Waals surface area contributed by atoms with E-state index in [1.165, 1.54) is 11.0 Å². The summed E-state index contributed by atoms with van der Waals surface area (Å²) in [5.74, 6) is -1.37. The molecule has 0 saturated heterocycles.